The van der Waals surface area contributed by atoms with Crippen LogP contribution in [0.3, 0.4) is 0 Å². The van der Waals surface area contributed by atoms with Crippen molar-refractivity contribution in [2.75, 3.05) is 6.61 Å². The topological polar surface area (TPSA) is 83.8 Å². The first kappa shape index (κ1) is 13.0. The fraction of sp³-hybridized carbons (Fsp3) is 0.333. The van der Waals surface area contributed by atoms with E-state index in [1.54, 1.807) is 24.3 Å². The average molecular weight is 238 g/mol. The zero-order valence-electron chi connectivity index (χ0n) is 9.20. The molecule has 0 fully saturated rings. The molecule has 2 N–H and O–H groups in total. The molecule has 0 amide bonds. The number of para-hydroxylation sites is 1. The lowest BCUT2D eigenvalue weighted by molar-refractivity contribution is -0.143. The molecule has 5 nitrogen and oxygen atoms in total. The molecule has 1 aromatic carbocycles. The third kappa shape index (κ3) is 5.01. The van der Waals surface area contributed by atoms with E-state index in [4.69, 9.17) is 14.9 Å². The second-order valence-electron chi connectivity index (χ2n) is 3.59. The minimum Gasteiger partial charge on any atom is -0.493 e. The Morgan fingerprint density at radius 1 is 1.18 bits per heavy atom. The molecule has 1 rings (SSSR count). The fourth-order valence-electron chi connectivity index (χ4n) is 1.29. The Kier molecular flexibility index (Phi) is 5.00. The quantitative estimate of drug-likeness (QED) is 0.754. The summed E-state index contributed by atoms with van der Waals surface area (Å²) in [6, 6.07) is 8.82. The lowest BCUT2D eigenvalue weighted by Crippen LogP contribution is -2.22. The molecule has 0 bridgehead atoms. The van der Waals surface area contributed by atoms with E-state index in [1.165, 1.54) is 0 Å². The van der Waals surface area contributed by atoms with E-state index < -0.39 is 17.9 Å². The van der Waals surface area contributed by atoms with Gasteiger partial charge >= 0.3 is 11.9 Å². The summed E-state index contributed by atoms with van der Waals surface area (Å²) in [6.45, 7) is -0.0212. The van der Waals surface area contributed by atoms with Gasteiger partial charge in [0.05, 0.1) is 5.92 Å². The molecule has 0 radical (unpaired) electrons. The predicted octanol–water partition coefficient (Wildman–Crippen LogP) is 1.63. The molecule has 0 heterocycles. The summed E-state index contributed by atoms with van der Waals surface area (Å²) in [5.41, 5.74) is 0. The molecule has 1 aromatic rings. The summed E-state index contributed by atoms with van der Waals surface area (Å²) in [7, 11) is 0. The molecule has 92 valence electrons. The zero-order valence-corrected chi connectivity index (χ0v) is 9.20. The van der Waals surface area contributed by atoms with Gasteiger partial charge in [-0.05, 0) is 18.6 Å². The fourth-order valence-corrected chi connectivity index (χ4v) is 1.29. The molecule has 1 unspecified atom stereocenters. The maximum Gasteiger partial charge on any atom is 0.309 e. The molecule has 0 aliphatic heterocycles. The van der Waals surface area contributed by atoms with Crippen molar-refractivity contribution in [2.24, 2.45) is 5.92 Å². The van der Waals surface area contributed by atoms with Gasteiger partial charge in [0.15, 0.2) is 0 Å². The van der Waals surface area contributed by atoms with Crippen LogP contribution in [0, 0.1) is 5.92 Å². The van der Waals surface area contributed by atoms with Crippen molar-refractivity contribution in [3.05, 3.63) is 30.3 Å². The molecule has 5 heteroatoms. The number of aliphatic carboxylic acids is 2. The van der Waals surface area contributed by atoms with Crippen LogP contribution in [0.25, 0.3) is 0 Å². The van der Waals surface area contributed by atoms with Crippen LogP contribution in [0.4, 0.5) is 0 Å². The van der Waals surface area contributed by atoms with Gasteiger partial charge < -0.3 is 14.9 Å². The van der Waals surface area contributed by atoms with Crippen molar-refractivity contribution in [3.63, 3.8) is 0 Å². The number of rotatable bonds is 7. The van der Waals surface area contributed by atoms with Crippen LogP contribution in [0.15, 0.2) is 30.3 Å². The zero-order chi connectivity index (χ0) is 12.7. The minimum absolute atomic E-state index is 0.0212. The summed E-state index contributed by atoms with van der Waals surface area (Å²) >= 11 is 0. The van der Waals surface area contributed by atoms with Gasteiger partial charge in [0.25, 0.3) is 0 Å². The van der Waals surface area contributed by atoms with Crippen molar-refractivity contribution < 1.29 is 24.5 Å². The molecule has 17 heavy (non-hydrogen) atoms. The van der Waals surface area contributed by atoms with Crippen LogP contribution in [0.2, 0.25) is 0 Å². The first-order chi connectivity index (χ1) is 8.09. The van der Waals surface area contributed by atoms with E-state index in [1.807, 2.05) is 6.07 Å². The number of ether oxygens (including phenoxy) is 1. The van der Waals surface area contributed by atoms with E-state index in [9.17, 15) is 9.59 Å². The number of benzene rings is 1. The molecule has 0 saturated heterocycles. The van der Waals surface area contributed by atoms with E-state index in [0.29, 0.717) is 5.75 Å². The number of hydrogen-bond donors (Lipinski definition) is 2. The Morgan fingerprint density at radius 2 is 1.82 bits per heavy atom. The molecule has 0 aromatic heterocycles. The smallest absolute Gasteiger partial charge is 0.309 e. The Morgan fingerprint density at radius 3 is 2.35 bits per heavy atom. The Balaban J connectivity index is 2.45. The van der Waals surface area contributed by atoms with Gasteiger partial charge in [0, 0.05) is 6.42 Å². The van der Waals surface area contributed by atoms with E-state index in [-0.39, 0.29) is 19.4 Å². The standard InChI is InChI=1S/C12H14O5/c13-11(14)7-6-9(12(15)16)8-17-10-4-2-1-3-5-10/h1-5,9H,6-8H2,(H,13,14)(H,15,16). The normalized spacial score (nSPS) is 11.8. The van der Waals surface area contributed by atoms with Crippen LogP contribution in [-0.2, 0) is 9.59 Å². The van der Waals surface area contributed by atoms with Gasteiger partial charge in [-0.2, -0.15) is 0 Å². The molecule has 0 aliphatic carbocycles. The molecule has 0 spiro atoms. The van der Waals surface area contributed by atoms with Crippen molar-refractivity contribution in [3.8, 4) is 5.75 Å². The van der Waals surface area contributed by atoms with Crippen LogP contribution >= 0.6 is 0 Å². The largest absolute Gasteiger partial charge is 0.493 e. The Bertz CT molecular complexity index is 374. The minimum atomic E-state index is -1.04. The lowest BCUT2D eigenvalue weighted by Gasteiger charge is -2.12. The van der Waals surface area contributed by atoms with Crippen LogP contribution in [-0.4, -0.2) is 28.8 Å². The number of hydrogen-bond acceptors (Lipinski definition) is 3. The highest BCUT2D eigenvalue weighted by Crippen LogP contribution is 2.13. The van der Waals surface area contributed by atoms with Crippen LogP contribution in [0.5, 0.6) is 5.75 Å². The third-order valence-corrected chi connectivity index (χ3v) is 2.25. The van der Waals surface area contributed by atoms with Crippen molar-refractivity contribution in [2.45, 2.75) is 12.8 Å². The average Bonchev–Trinajstić information content (AvgIpc) is 2.29. The highest BCUT2D eigenvalue weighted by atomic mass is 16.5. The highest BCUT2D eigenvalue weighted by molar-refractivity contribution is 5.72. The maximum atomic E-state index is 10.9. The molecule has 0 saturated carbocycles. The van der Waals surface area contributed by atoms with Crippen LogP contribution in [0.1, 0.15) is 12.8 Å². The first-order valence-corrected chi connectivity index (χ1v) is 5.22. The monoisotopic (exact) mass is 238 g/mol. The van der Waals surface area contributed by atoms with Gasteiger partial charge in [0.1, 0.15) is 12.4 Å². The van der Waals surface area contributed by atoms with Gasteiger partial charge in [-0.3, -0.25) is 9.59 Å². The van der Waals surface area contributed by atoms with E-state index in [0.717, 1.165) is 0 Å². The summed E-state index contributed by atoms with van der Waals surface area (Å²) in [5, 5.41) is 17.4. The van der Waals surface area contributed by atoms with Crippen molar-refractivity contribution >= 4 is 11.9 Å². The van der Waals surface area contributed by atoms with Gasteiger partial charge in [-0.15, -0.1) is 0 Å². The Hall–Kier alpha value is -2.04. The Labute approximate surface area is 98.6 Å². The number of carboxylic acid groups (broad SMARTS) is 2. The molecule has 1 atom stereocenters. The predicted molar refractivity (Wildman–Crippen MR) is 59.9 cm³/mol. The van der Waals surface area contributed by atoms with Gasteiger partial charge in [-0.25, -0.2) is 0 Å². The van der Waals surface area contributed by atoms with Crippen molar-refractivity contribution in [1.29, 1.82) is 0 Å². The summed E-state index contributed by atoms with van der Waals surface area (Å²) in [6.07, 6.45) is -0.105. The first-order valence-electron chi connectivity index (χ1n) is 5.22. The van der Waals surface area contributed by atoms with Crippen LogP contribution < -0.4 is 4.74 Å². The second kappa shape index (κ2) is 6.52. The molecule has 0 aliphatic rings. The summed E-state index contributed by atoms with van der Waals surface area (Å²) in [4.78, 5) is 21.2. The van der Waals surface area contributed by atoms with Crippen molar-refractivity contribution in [1.82, 2.24) is 0 Å². The number of carbonyl (C=O) groups is 2. The summed E-state index contributed by atoms with van der Waals surface area (Å²) in [5.74, 6) is -2.27. The van der Waals surface area contributed by atoms with Gasteiger partial charge in [-0.1, -0.05) is 18.2 Å². The molecular weight excluding hydrogens is 224 g/mol. The van der Waals surface area contributed by atoms with E-state index >= 15 is 0 Å². The SMILES string of the molecule is O=C(O)CCC(COc1ccccc1)C(=O)O. The molecular formula is C12H14O5. The number of carboxylic acids is 2. The van der Waals surface area contributed by atoms with E-state index in [2.05, 4.69) is 0 Å². The second-order valence-corrected chi connectivity index (χ2v) is 3.59. The lowest BCUT2D eigenvalue weighted by atomic mass is 10.1. The highest BCUT2D eigenvalue weighted by Gasteiger charge is 2.19. The summed E-state index contributed by atoms with van der Waals surface area (Å²) < 4.78 is 5.29. The van der Waals surface area contributed by atoms with Gasteiger partial charge in [0.2, 0.25) is 0 Å². The maximum absolute atomic E-state index is 10.9. The third-order valence-electron chi connectivity index (χ3n) is 2.25.